The largest absolute Gasteiger partial charge is 0.481 e. The Hall–Kier alpha value is -2.87. The number of benzene rings is 1. The van der Waals surface area contributed by atoms with Gasteiger partial charge in [-0.15, -0.1) is 0 Å². The fourth-order valence-electron chi connectivity index (χ4n) is 4.23. The summed E-state index contributed by atoms with van der Waals surface area (Å²) in [6.07, 6.45) is 5.23. The van der Waals surface area contributed by atoms with Crippen molar-refractivity contribution in [1.29, 1.82) is 0 Å². The van der Waals surface area contributed by atoms with Crippen LogP contribution in [0.15, 0.2) is 41.5 Å². The van der Waals surface area contributed by atoms with E-state index in [0.717, 1.165) is 36.1 Å². The molecule has 1 fully saturated rings. The maximum Gasteiger partial charge on any atom is 0.326 e. The number of hydrogen-bond donors (Lipinski definition) is 2. The molecular formula is C20H25N5O3. The minimum absolute atomic E-state index is 0.100. The van der Waals surface area contributed by atoms with Crippen molar-refractivity contribution in [2.24, 2.45) is 13.0 Å². The molecule has 0 aliphatic carbocycles. The summed E-state index contributed by atoms with van der Waals surface area (Å²) in [5, 5.41) is 13.8. The molecule has 0 bridgehead atoms. The molecule has 1 aromatic carbocycles. The Morgan fingerprint density at radius 2 is 2.11 bits per heavy atom. The SMILES string of the molecule is Cn1cc(C2CC(C(=O)O)CN(CCCn3c(=O)[nH]c4ccccc43)C2)cn1. The lowest BCUT2D eigenvalue weighted by atomic mass is 9.85. The van der Waals surface area contributed by atoms with Crippen LogP contribution in [-0.2, 0) is 18.4 Å². The van der Waals surface area contributed by atoms with Crippen LogP contribution in [0, 0.1) is 5.92 Å². The Morgan fingerprint density at radius 3 is 2.86 bits per heavy atom. The fraction of sp³-hybridized carbons (Fsp3) is 0.450. The Balaban J connectivity index is 1.43. The van der Waals surface area contributed by atoms with Gasteiger partial charge in [-0.25, -0.2) is 4.79 Å². The molecule has 3 heterocycles. The second-order valence-electron chi connectivity index (χ2n) is 7.63. The van der Waals surface area contributed by atoms with Crippen molar-refractivity contribution in [2.75, 3.05) is 19.6 Å². The Kier molecular flexibility index (Phi) is 5.04. The molecular weight excluding hydrogens is 358 g/mol. The first kappa shape index (κ1) is 18.5. The lowest BCUT2D eigenvalue weighted by Crippen LogP contribution is -2.43. The number of imidazole rings is 1. The van der Waals surface area contributed by atoms with Crippen LogP contribution in [0.1, 0.15) is 24.3 Å². The van der Waals surface area contributed by atoms with Crippen molar-refractivity contribution in [3.8, 4) is 0 Å². The third-order valence-corrected chi connectivity index (χ3v) is 5.61. The molecule has 1 saturated heterocycles. The van der Waals surface area contributed by atoms with Crippen molar-refractivity contribution < 1.29 is 9.90 Å². The summed E-state index contributed by atoms with van der Waals surface area (Å²) in [6.45, 7) is 2.73. The summed E-state index contributed by atoms with van der Waals surface area (Å²) in [6, 6.07) is 7.66. The number of para-hydroxylation sites is 2. The van der Waals surface area contributed by atoms with E-state index in [2.05, 4.69) is 15.0 Å². The number of carbonyl (C=O) groups is 1. The molecule has 8 nitrogen and oxygen atoms in total. The highest BCUT2D eigenvalue weighted by Crippen LogP contribution is 2.30. The van der Waals surface area contributed by atoms with Gasteiger partial charge in [0.1, 0.15) is 0 Å². The molecule has 0 radical (unpaired) electrons. The average Bonchev–Trinajstić information content (AvgIpc) is 3.25. The second-order valence-corrected chi connectivity index (χ2v) is 7.63. The Labute approximate surface area is 162 Å². The van der Waals surface area contributed by atoms with Gasteiger partial charge < -0.3 is 15.0 Å². The quantitative estimate of drug-likeness (QED) is 0.675. The number of aliphatic carboxylic acids is 1. The van der Waals surface area contributed by atoms with Crippen molar-refractivity contribution >= 4 is 17.0 Å². The van der Waals surface area contributed by atoms with Crippen molar-refractivity contribution in [1.82, 2.24) is 24.2 Å². The van der Waals surface area contributed by atoms with Crippen LogP contribution in [0.25, 0.3) is 11.0 Å². The number of aromatic amines is 1. The number of carboxylic acid groups (broad SMARTS) is 1. The van der Waals surface area contributed by atoms with Crippen LogP contribution in [0.5, 0.6) is 0 Å². The Morgan fingerprint density at radius 1 is 1.29 bits per heavy atom. The number of likely N-dealkylation sites (tertiary alicyclic amines) is 1. The number of carboxylic acids is 1. The van der Waals surface area contributed by atoms with Crippen molar-refractivity contribution in [3.05, 3.63) is 52.7 Å². The minimum atomic E-state index is -0.744. The van der Waals surface area contributed by atoms with Crippen LogP contribution in [0.4, 0.5) is 0 Å². The van der Waals surface area contributed by atoms with E-state index >= 15 is 0 Å². The van der Waals surface area contributed by atoms with Crippen molar-refractivity contribution in [2.45, 2.75) is 25.3 Å². The summed E-state index contributed by atoms with van der Waals surface area (Å²) in [4.78, 5) is 28.9. The van der Waals surface area contributed by atoms with E-state index in [1.807, 2.05) is 43.7 Å². The van der Waals surface area contributed by atoms with E-state index in [1.165, 1.54) is 0 Å². The highest BCUT2D eigenvalue weighted by Gasteiger charge is 2.32. The first-order valence-electron chi connectivity index (χ1n) is 9.62. The number of aromatic nitrogens is 4. The molecule has 1 aliphatic rings. The highest BCUT2D eigenvalue weighted by atomic mass is 16.4. The van der Waals surface area contributed by atoms with Gasteiger partial charge in [0, 0.05) is 38.8 Å². The first-order chi connectivity index (χ1) is 13.5. The van der Waals surface area contributed by atoms with E-state index in [-0.39, 0.29) is 17.5 Å². The highest BCUT2D eigenvalue weighted by molar-refractivity contribution is 5.74. The van der Waals surface area contributed by atoms with E-state index in [4.69, 9.17) is 0 Å². The summed E-state index contributed by atoms with van der Waals surface area (Å²) >= 11 is 0. The van der Waals surface area contributed by atoms with Gasteiger partial charge in [0.15, 0.2) is 0 Å². The molecule has 2 atom stereocenters. The molecule has 0 amide bonds. The van der Waals surface area contributed by atoms with E-state index in [9.17, 15) is 14.7 Å². The Bertz CT molecular complexity index is 1030. The van der Waals surface area contributed by atoms with Crippen LogP contribution >= 0.6 is 0 Å². The molecule has 4 rings (SSSR count). The van der Waals surface area contributed by atoms with Crippen LogP contribution in [0.3, 0.4) is 0 Å². The number of aryl methyl sites for hydroxylation is 2. The van der Waals surface area contributed by atoms with Gasteiger partial charge in [0.25, 0.3) is 0 Å². The maximum absolute atomic E-state index is 12.2. The number of hydrogen-bond acceptors (Lipinski definition) is 4. The smallest absolute Gasteiger partial charge is 0.326 e. The van der Waals surface area contributed by atoms with Gasteiger partial charge in [-0.2, -0.15) is 5.10 Å². The van der Waals surface area contributed by atoms with Crippen LogP contribution in [-0.4, -0.2) is 54.9 Å². The van der Waals surface area contributed by atoms with Gasteiger partial charge in [-0.05, 0) is 37.1 Å². The molecule has 2 aromatic heterocycles. The topological polar surface area (TPSA) is 96.1 Å². The zero-order chi connectivity index (χ0) is 19.7. The number of H-pyrrole nitrogens is 1. The fourth-order valence-corrected chi connectivity index (χ4v) is 4.23. The lowest BCUT2D eigenvalue weighted by Gasteiger charge is -2.35. The molecule has 0 saturated carbocycles. The normalized spacial score (nSPS) is 20.6. The zero-order valence-electron chi connectivity index (χ0n) is 15.9. The average molecular weight is 383 g/mol. The summed E-state index contributed by atoms with van der Waals surface area (Å²) < 4.78 is 3.51. The monoisotopic (exact) mass is 383 g/mol. The second kappa shape index (κ2) is 7.63. The zero-order valence-corrected chi connectivity index (χ0v) is 15.9. The van der Waals surface area contributed by atoms with Gasteiger partial charge in [-0.1, -0.05) is 12.1 Å². The molecule has 2 N–H and O–H groups in total. The van der Waals surface area contributed by atoms with Crippen molar-refractivity contribution in [3.63, 3.8) is 0 Å². The standard InChI is InChI=1S/C20H25N5O3/c1-23-11-16(10-21-23)14-9-15(19(26)27)13-24(12-14)7-4-8-25-18-6-3-2-5-17(18)22-20(25)28/h2-3,5-6,10-11,14-15H,4,7-9,12-13H2,1H3,(H,22,28)(H,26,27). The number of fused-ring (bicyclic) bond motifs is 1. The number of nitrogens with one attached hydrogen (secondary N) is 1. The summed E-state index contributed by atoms with van der Waals surface area (Å²) in [5.74, 6) is -0.958. The van der Waals surface area contributed by atoms with Gasteiger partial charge in [0.05, 0.1) is 23.1 Å². The molecule has 8 heteroatoms. The number of piperidine rings is 1. The molecule has 1 aliphatic heterocycles. The molecule has 0 spiro atoms. The number of rotatable bonds is 6. The number of nitrogens with zero attached hydrogens (tertiary/aromatic N) is 4. The van der Waals surface area contributed by atoms with E-state index in [1.54, 1.807) is 9.25 Å². The maximum atomic E-state index is 12.2. The lowest BCUT2D eigenvalue weighted by molar-refractivity contribution is -0.143. The third-order valence-electron chi connectivity index (χ3n) is 5.61. The van der Waals surface area contributed by atoms with E-state index in [0.29, 0.717) is 19.5 Å². The summed E-state index contributed by atoms with van der Waals surface area (Å²) in [7, 11) is 1.87. The predicted molar refractivity (Wildman–Crippen MR) is 105 cm³/mol. The van der Waals surface area contributed by atoms with Gasteiger partial charge >= 0.3 is 11.7 Å². The minimum Gasteiger partial charge on any atom is -0.481 e. The first-order valence-corrected chi connectivity index (χ1v) is 9.62. The predicted octanol–water partition coefficient (Wildman–Crippen LogP) is 1.64. The molecule has 3 aromatic rings. The van der Waals surface area contributed by atoms with Crippen LogP contribution in [0.2, 0.25) is 0 Å². The molecule has 148 valence electrons. The molecule has 2 unspecified atom stereocenters. The van der Waals surface area contributed by atoms with Gasteiger partial charge in [0.2, 0.25) is 0 Å². The third kappa shape index (κ3) is 3.73. The van der Waals surface area contributed by atoms with E-state index < -0.39 is 5.97 Å². The molecule has 28 heavy (non-hydrogen) atoms. The van der Waals surface area contributed by atoms with Gasteiger partial charge in [-0.3, -0.25) is 14.0 Å². The summed E-state index contributed by atoms with van der Waals surface area (Å²) in [5.41, 5.74) is 2.73. The van der Waals surface area contributed by atoms with Crippen LogP contribution < -0.4 is 5.69 Å².